The first kappa shape index (κ1) is 15.2. The zero-order chi connectivity index (χ0) is 15.5. The first-order valence-electron chi connectivity index (χ1n) is 7.41. The van der Waals surface area contributed by atoms with Gasteiger partial charge >= 0.3 is 0 Å². The summed E-state index contributed by atoms with van der Waals surface area (Å²) in [6, 6.07) is 2.04. The van der Waals surface area contributed by atoms with E-state index in [9.17, 15) is 0 Å². The average molecular weight is 319 g/mol. The van der Waals surface area contributed by atoms with Crippen LogP contribution in [0, 0.1) is 13.8 Å². The molecule has 2 aromatic heterocycles. The van der Waals surface area contributed by atoms with Crippen molar-refractivity contribution in [2.24, 2.45) is 0 Å². The summed E-state index contributed by atoms with van der Waals surface area (Å²) in [6.45, 7) is 8.32. The van der Waals surface area contributed by atoms with Gasteiger partial charge in [0.05, 0.1) is 5.69 Å². The lowest BCUT2D eigenvalue weighted by molar-refractivity contribution is 0.177. The van der Waals surface area contributed by atoms with Gasteiger partial charge in [-0.15, -0.1) is 11.3 Å². The van der Waals surface area contributed by atoms with Gasteiger partial charge in [-0.3, -0.25) is 0 Å². The number of hydrogen-bond donors (Lipinski definition) is 0. The number of nitrogens with zero attached hydrogens (tertiary/aromatic N) is 5. The molecule has 0 spiro atoms. The number of rotatable bonds is 4. The van der Waals surface area contributed by atoms with Crippen molar-refractivity contribution in [1.82, 2.24) is 15.0 Å². The Morgan fingerprint density at radius 2 is 1.77 bits per heavy atom. The van der Waals surface area contributed by atoms with Gasteiger partial charge < -0.3 is 14.5 Å². The largest absolute Gasteiger partial charge is 0.377 e. The Kier molecular flexibility index (Phi) is 4.54. The molecule has 0 aliphatic carbocycles. The molecule has 2 aromatic rings. The fraction of sp³-hybridized carbons (Fsp3) is 0.533. The number of hydrogen-bond acceptors (Lipinski definition) is 7. The second kappa shape index (κ2) is 6.58. The molecule has 7 heteroatoms. The maximum Gasteiger partial charge on any atom is 0.185 e. The third-order valence-corrected chi connectivity index (χ3v) is 4.66. The first-order valence-corrected chi connectivity index (χ1v) is 8.29. The minimum Gasteiger partial charge on any atom is -0.377 e. The van der Waals surface area contributed by atoms with Crippen molar-refractivity contribution in [1.29, 1.82) is 0 Å². The molecule has 1 saturated heterocycles. The summed E-state index contributed by atoms with van der Waals surface area (Å²) >= 11 is 1.72. The van der Waals surface area contributed by atoms with Crippen LogP contribution < -0.4 is 9.80 Å². The molecule has 3 rings (SSSR count). The SMILES string of the molecule is COCc1nc(C)cc(N2CCN(c3nc(C)cs3)CC2)n1. The monoisotopic (exact) mass is 319 g/mol. The van der Waals surface area contributed by atoms with E-state index in [-0.39, 0.29) is 0 Å². The molecule has 1 aliphatic rings. The van der Waals surface area contributed by atoms with Gasteiger partial charge in [0.1, 0.15) is 12.4 Å². The van der Waals surface area contributed by atoms with Crippen LogP contribution in [0.3, 0.4) is 0 Å². The second-order valence-corrected chi connectivity index (χ2v) is 6.30. The Hall–Kier alpha value is -1.73. The van der Waals surface area contributed by atoms with Crippen molar-refractivity contribution in [2.45, 2.75) is 20.5 Å². The molecular weight excluding hydrogens is 298 g/mol. The van der Waals surface area contributed by atoms with Crippen LogP contribution in [0.25, 0.3) is 0 Å². The van der Waals surface area contributed by atoms with Crippen molar-refractivity contribution in [3.05, 3.63) is 28.7 Å². The topological polar surface area (TPSA) is 54.4 Å². The standard InChI is InChI=1S/C15H21N5OS/c1-11-8-14(18-13(16-11)9-21-3)19-4-6-20(7-5-19)15-17-12(2)10-22-15/h8,10H,4-7,9H2,1-3H3. The predicted octanol–water partition coefficient (Wildman–Crippen LogP) is 2.02. The molecule has 0 aromatic carbocycles. The van der Waals surface area contributed by atoms with E-state index >= 15 is 0 Å². The third kappa shape index (κ3) is 3.36. The minimum absolute atomic E-state index is 0.451. The summed E-state index contributed by atoms with van der Waals surface area (Å²) < 4.78 is 5.14. The molecule has 1 aliphatic heterocycles. The van der Waals surface area contributed by atoms with Crippen molar-refractivity contribution >= 4 is 22.3 Å². The fourth-order valence-electron chi connectivity index (χ4n) is 2.58. The van der Waals surface area contributed by atoms with E-state index in [1.807, 2.05) is 19.9 Å². The summed E-state index contributed by atoms with van der Waals surface area (Å²) in [6.07, 6.45) is 0. The molecule has 0 amide bonds. The van der Waals surface area contributed by atoms with Crippen LogP contribution in [0.2, 0.25) is 0 Å². The van der Waals surface area contributed by atoms with Crippen LogP contribution in [0.5, 0.6) is 0 Å². The zero-order valence-corrected chi connectivity index (χ0v) is 14.1. The van der Waals surface area contributed by atoms with Gasteiger partial charge in [-0.05, 0) is 13.8 Å². The smallest absolute Gasteiger partial charge is 0.185 e. The van der Waals surface area contributed by atoms with Gasteiger partial charge in [-0.1, -0.05) is 0 Å². The Bertz CT molecular complexity index is 637. The van der Waals surface area contributed by atoms with Gasteiger partial charge in [-0.2, -0.15) is 0 Å². The summed E-state index contributed by atoms with van der Waals surface area (Å²) in [5.74, 6) is 1.74. The van der Waals surface area contributed by atoms with Gasteiger partial charge in [0, 0.05) is 50.4 Å². The van der Waals surface area contributed by atoms with Crippen molar-refractivity contribution in [3.63, 3.8) is 0 Å². The molecule has 0 radical (unpaired) electrons. The number of thiazole rings is 1. The number of ether oxygens (including phenoxy) is 1. The molecule has 0 saturated carbocycles. The number of piperazine rings is 1. The summed E-state index contributed by atoms with van der Waals surface area (Å²) in [4.78, 5) is 18.2. The molecule has 0 N–H and O–H groups in total. The molecule has 0 bridgehead atoms. The van der Waals surface area contributed by atoms with Crippen LogP contribution >= 0.6 is 11.3 Å². The molecule has 3 heterocycles. The number of methoxy groups -OCH3 is 1. The molecule has 22 heavy (non-hydrogen) atoms. The Morgan fingerprint density at radius 1 is 1.05 bits per heavy atom. The highest BCUT2D eigenvalue weighted by Crippen LogP contribution is 2.23. The zero-order valence-electron chi connectivity index (χ0n) is 13.2. The highest BCUT2D eigenvalue weighted by atomic mass is 32.1. The number of aryl methyl sites for hydroxylation is 2. The maximum absolute atomic E-state index is 5.14. The Labute approximate surface area is 134 Å². The Balaban J connectivity index is 1.68. The quantitative estimate of drug-likeness (QED) is 0.859. The summed E-state index contributed by atoms with van der Waals surface area (Å²) in [5, 5.41) is 3.23. The molecule has 118 valence electrons. The maximum atomic E-state index is 5.14. The van der Waals surface area contributed by atoms with E-state index in [1.165, 1.54) is 0 Å². The van der Waals surface area contributed by atoms with Crippen LogP contribution in [-0.2, 0) is 11.3 Å². The first-order chi connectivity index (χ1) is 10.7. The van der Waals surface area contributed by atoms with E-state index in [2.05, 4.69) is 30.1 Å². The van der Waals surface area contributed by atoms with E-state index in [0.717, 1.165) is 54.3 Å². The second-order valence-electron chi connectivity index (χ2n) is 5.46. The van der Waals surface area contributed by atoms with Crippen molar-refractivity contribution in [3.8, 4) is 0 Å². The lowest BCUT2D eigenvalue weighted by Gasteiger charge is -2.35. The average Bonchev–Trinajstić information content (AvgIpc) is 2.94. The lowest BCUT2D eigenvalue weighted by atomic mass is 10.3. The van der Waals surface area contributed by atoms with Crippen LogP contribution in [-0.4, -0.2) is 48.2 Å². The van der Waals surface area contributed by atoms with Crippen LogP contribution in [0.4, 0.5) is 10.9 Å². The number of anilines is 2. The molecule has 1 fully saturated rings. The third-order valence-electron chi connectivity index (χ3n) is 3.64. The summed E-state index contributed by atoms with van der Waals surface area (Å²) in [5.41, 5.74) is 2.08. The van der Waals surface area contributed by atoms with Crippen molar-refractivity contribution in [2.75, 3.05) is 43.1 Å². The lowest BCUT2D eigenvalue weighted by Crippen LogP contribution is -2.47. The number of aromatic nitrogens is 3. The summed E-state index contributed by atoms with van der Waals surface area (Å²) in [7, 11) is 1.67. The molecular formula is C15H21N5OS. The predicted molar refractivity (Wildman–Crippen MR) is 88.8 cm³/mol. The van der Waals surface area contributed by atoms with Gasteiger partial charge in [0.15, 0.2) is 11.0 Å². The van der Waals surface area contributed by atoms with Crippen molar-refractivity contribution < 1.29 is 4.74 Å². The molecule has 6 nitrogen and oxygen atoms in total. The highest BCUT2D eigenvalue weighted by Gasteiger charge is 2.20. The Morgan fingerprint density at radius 3 is 2.41 bits per heavy atom. The van der Waals surface area contributed by atoms with E-state index in [4.69, 9.17) is 4.74 Å². The van der Waals surface area contributed by atoms with Crippen LogP contribution in [0.15, 0.2) is 11.4 Å². The van der Waals surface area contributed by atoms with Gasteiger partial charge in [0.2, 0.25) is 0 Å². The molecule has 0 atom stereocenters. The fourth-order valence-corrected chi connectivity index (χ4v) is 3.44. The molecule has 0 unspecified atom stereocenters. The normalized spacial score (nSPS) is 15.4. The minimum atomic E-state index is 0.451. The van der Waals surface area contributed by atoms with Gasteiger partial charge in [0.25, 0.3) is 0 Å². The van der Waals surface area contributed by atoms with E-state index in [0.29, 0.717) is 6.61 Å². The van der Waals surface area contributed by atoms with E-state index < -0.39 is 0 Å². The highest BCUT2D eigenvalue weighted by molar-refractivity contribution is 7.13. The van der Waals surface area contributed by atoms with Crippen LogP contribution in [0.1, 0.15) is 17.2 Å². The van der Waals surface area contributed by atoms with E-state index in [1.54, 1.807) is 18.4 Å². The van der Waals surface area contributed by atoms with Gasteiger partial charge in [-0.25, -0.2) is 15.0 Å².